The Labute approximate surface area is 138 Å². The van der Waals surface area contributed by atoms with E-state index < -0.39 is 0 Å². The van der Waals surface area contributed by atoms with Crippen molar-refractivity contribution < 1.29 is 4.74 Å². The molecule has 6 heteroatoms. The Bertz CT molecular complexity index is 978. The summed E-state index contributed by atoms with van der Waals surface area (Å²) in [5.74, 6) is 1.34. The number of rotatable bonds is 4. The summed E-state index contributed by atoms with van der Waals surface area (Å²) in [6, 6.07) is 11.4. The minimum atomic E-state index is 0.538. The van der Waals surface area contributed by atoms with Crippen LogP contribution in [0.25, 0.3) is 22.2 Å². The van der Waals surface area contributed by atoms with E-state index in [4.69, 9.17) is 4.74 Å². The molecule has 0 bridgehead atoms. The Balaban J connectivity index is 1.66. The molecule has 0 aliphatic heterocycles. The number of hydrogen-bond acceptors (Lipinski definition) is 5. The van der Waals surface area contributed by atoms with Crippen LogP contribution >= 0.6 is 0 Å². The SMILES string of the molecule is COc1ccc(Nc2nccc(-c3c[nH]c4ccncc34)n2)cc1. The summed E-state index contributed by atoms with van der Waals surface area (Å²) in [7, 11) is 1.64. The first-order chi connectivity index (χ1) is 11.8. The maximum Gasteiger partial charge on any atom is 0.227 e. The van der Waals surface area contributed by atoms with Crippen molar-refractivity contribution in [3.8, 4) is 17.0 Å². The number of aromatic nitrogens is 4. The topological polar surface area (TPSA) is 75.7 Å². The fourth-order valence-electron chi connectivity index (χ4n) is 2.55. The van der Waals surface area contributed by atoms with Crippen molar-refractivity contribution in [1.82, 2.24) is 19.9 Å². The van der Waals surface area contributed by atoms with Gasteiger partial charge in [-0.3, -0.25) is 4.98 Å². The standard InChI is InChI=1S/C18H15N5O/c1-24-13-4-2-12(3-5-13)22-18-20-9-7-17(23-18)15-11-21-16-6-8-19-10-14(15)16/h2-11,21H,1H3,(H,20,22,23). The maximum atomic E-state index is 5.16. The van der Waals surface area contributed by atoms with Crippen LogP contribution in [0, 0.1) is 0 Å². The Hall–Kier alpha value is -3.41. The molecule has 0 amide bonds. The molecule has 24 heavy (non-hydrogen) atoms. The lowest BCUT2D eigenvalue weighted by atomic mass is 10.1. The molecular formula is C18H15N5O. The van der Waals surface area contributed by atoms with Crippen molar-refractivity contribution in [2.45, 2.75) is 0 Å². The van der Waals surface area contributed by atoms with Crippen molar-refractivity contribution >= 4 is 22.5 Å². The molecular weight excluding hydrogens is 302 g/mol. The molecule has 0 aliphatic carbocycles. The van der Waals surface area contributed by atoms with Gasteiger partial charge in [0.1, 0.15) is 5.75 Å². The van der Waals surface area contributed by atoms with E-state index in [1.165, 1.54) is 0 Å². The monoisotopic (exact) mass is 317 g/mol. The minimum absolute atomic E-state index is 0.538. The van der Waals surface area contributed by atoms with Crippen molar-refractivity contribution in [1.29, 1.82) is 0 Å². The Morgan fingerprint density at radius 3 is 2.75 bits per heavy atom. The number of anilines is 2. The van der Waals surface area contributed by atoms with Gasteiger partial charge in [0.15, 0.2) is 0 Å². The molecule has 0 fully saturated rings. The molecule has 0 unspecified atom stereocenters. The van der Waals surface area contributed by atoms with Gasteiger partial charge in [-0.2, -0.15) is 0 Å². The average Bonchev–Trinajstić information content (AvgIpc) is 3.07. The zero-order valence-corrected chi connectivity index (χ0v) is 13.0. The summed E-state index contributed by atoms with van der Waals surface area (Å²) < 4.78 is 5.16. The van der Waals surface area contributed by atoms with Gasteiger partial charge < -0.3 is 15.0 Å². The number of hydrogen-bond donors (Lipinski definition) is 2. The van der Waals surface area contributed by atoms with Crippen LogP contribution in [0.1, 0.15) is 0 Å². The van der Waals surface area contributed by atoms with Crippen LogP contribution in [0.3, 0.4) is 0 Å². The molecule has 4 rings (SSSR count). The lowest BCUT2D eigenvalue weighted by Crippen LogP contribution is -1.97. The molecule has 0 saturated heterocycles. The fraction of sp³-hybridized carbons (Fsp3) is 0.0556. The zero-order valence-electron chi connectivity index (χ0n) is 13.0. The summed E-state index contributed by atoms with van der Waals surface area (Å²) in [5, 5.41) is 4.24. The number of fused-ring (bicyclic) bond motifs is 1. The molecule has 3 heterocycles. The van der Waals surface area contributed by atoms with Gasteiger partial charge in [0.25, 0.3) is 0 Å². The molecule has 4 aromatic rings. The van der Waals surface area contributed by atoms with Crippen molar-refractivity contribution in [2.24, 2.45) is 0 Å². The highest BCUT2D eigenvalue weighted by atomic mass is 16.5. The van der Waals surface area contributed by atoms with Crippen LogP contribution in [0.4, 0.5) is 11.6 Å². The first-order valence-electron chi connectivity index (χ1n) is 7.49. The van der Waals surface area contributed by atoms with Gasteiger partial charge in [0.2, 0.25) is 5.95 Å². The van der Waals surface area contributed by atoms with E-state index in [2.05, 4.69) is 25.3 Å². The highest BCUT2D eigenvalue weighted by Crippen LogP contribution is 2.27. The van der Waals surface area contributed by atoms with Gasteiger partial charge >= 0.3 is 0 Å². The summed E-state index contributed by atoms with van der Waals surface area (Å²) in [6.07, 6.45) is 7.27. The molecule has 0 saturated carbocycles. The van der Waals surface area contributed by atoms with E-state index >= 15 is 0 Å². The molecule has 3 aromatic heterocycles. The van der Waals surface area contributed by atoms with Crippen molar-refractivity contribution in [3.05, 3.63) is 61.2 Å². The number of methoxy groups -OCH3 is 1. The van der Waals surface area contributed by atoms with E-state index in [9.17, 15) is 0 Å². The van der Waals surface area contributed by atoms with Gasteiger partial charge in [0, 0.05) is 46.9 Å². The first-order valence-corrected chi connectivity index (χ1v) is 7.49. The smallest absolute Gasteiger partial charge is 0.227 e. The number of nitrogens with one attached hydrogen (secondary N) is 2. The van der Waals surface area contributed by atoms with Gasteiger partial charge in [-0.05, 0) is 36.4 Å². The molecule has 1 aromatic carbocycles. The number of benzene rings is 1. The summed E-state index contributed by atoms with van der Waals surface area (Å²) in [6.45, 7) is 0. The quantitative estimate of drug-likeness (QED) is 0.599. The van der Waals surface area contributed by atoms with E-state index in [0.29, 0.717) is 5.95 Å². The molecule has 0 aliphatic rings. The molecule has 118 valence electrons. The van der Waals surface area contributed by atoms with E-state index in [-0.39, 0.29) is 0 Å². The zero-order chi connectivity index (χ0) is 16.4. The van der Waals surface area contributed by atoms with Crippen LogP contribution in [-0.2, 0) is 0 Å². The summed E-state index contributed by atoms with van der Waals surface area (Å²) >= 11 is 0. The Morgan fingerprint density at radius 2 is 1.92 bits per heavy atom. The van der Waals surface area contributed by atoms with Gasteiger partial charge in [0.05, 0.1) is 12.8 Å². The van der Waals surface area contributed by atoms with Crippen LogP contribution in [0.2, 0.25) is 0 Å². The lowest BCUT2D eigenvalue weighted by Gasteiger charge is -2.07. The molecule has 0 spiro atoms. The van der Waals surface area contributed by atoms with Crippen molar-refractivity contribution in [2.75, 3.05) is 12.4 Å². The highest BCUT2D eigenvalue weighted by Gasteiger charge is 2.08. The Kier molecular flexibility index (Phi) is 3.55. The number of ether oxygens (including phenoxy) is 1. The third kappa shape index (κ3) is 2.65. The third-order valence-electron chi connectivity index (χ3n) is 3.76. The molecule has 6 nitrogen and oxygen atoms in total. The number of H-pyrrole nitrogens is 1. The van der Waals surface area contributed by atoms with Crippen LogP contribution < -0.4 is 10.1 Å². The average molecular weight is 317 g/mol. The summed E-state index contributed by atoms with van der Waals surface area (Å²) in [5.41, 5.74) is 3.76. The van der Waals surface area contributed by atoms with E-state index in [0.717, 1.165) is 33.6 Å². The maximum absolute atomic E-state index is 5.16. The second-order valence-electron chi connectivity index (χ2n) is 5.24. The first kappa shape index (κ1) is 14.2. The minimum Gasteiger partial charge on any atom is -0.497 e. The highest BCUT2D eigenvalue weighted by molar-refractivity contribution is 5.93. The molecule has 2 N–H and O–H groups in total. The van der Waals surface area contributed by atoms with Crippen molar-refractivity contribution in [3.63, 3.8) is 0 Å². The predicted octanol–water partition coefficient (Wildman–Crippen LogP) is 3.77. The third-order valence-corrected chi connectivity index (χ3v) is 3.76. The second-order valence-corrected chi connectivity index (χ2v) is 5.24. The fourth-order valence-corrected chi connectivity index (χ4v) is 2.55. The second kappa shape index (κ2) is 6.00. The normalized spacial score (nSPS) is 10.7. The lowest BCUT2D eigenvalue weighted by molar-refractivity contribution is 0.415. The number of aromatic amines is 1. The van der Waals surface area contributed by atoms with Crippen LogP contribution in [0.15, 0.2) is 61.2 Å². The summed E-state index contributed by atoms with van der Waals surface area (Å²) in [4.78, 5) is 16.3. The Morgan fingerprint density at radius 1 is 1.04 bits per heavy atom. The van der Waals surface area contributed by atoms with Gasteiger partial charge in [-0.15, -0.1) is 0 Å². The van der Waals surface area contributed by atoms with Crippen LogP contribution in [-0.4, -0.2) is 27.0 Å². The largest absolute Gasteiger partial charge is 0.497 e. The number of pyridine rings is 1. The van der Waals surface area contributed by atoms with Crippen LogP contribution in [0.5, 0.6) is 5.75 Å². The molecule has 0 atom stereocenters. The van der Waals surface area contributed by atoms with E-state index in [1.807, 2.05) is 48.8 Å². The predicted molar refractivity (Wildman–Crippen MR) is 93.4 cm³/mol. The molecule has 0 radical (unpaired) electrons. The number of nitrogens with zero attached hydrogens (tertiary/aromatic N) is 3. The van der Waals surface area contributed by atoms with Gasteiger partial charge in [-0.25, -0.2) is 9.97 Å². The van der Waals surface area contributed by atoms with E-state index in [1.54, 1.807) is 19.5 Å². The van der Waals surface area contributed by atoms with Gasteiger partial charge in [-0.1, -0.05) is 0 Å².